The fourth-order valence-electron chi connectivity index (χ4n) is 2.45. The molecule has 21 heavy (non-hydrogen) atoms. The molecule has 4 nitrogen and oxygen atoms in total. The molecule has 0 spiro atoms. The maximum Gasteiger partial charge on any atom is 0.123 e. The zero-order valence-corrected chi connectivity index (χ0v) is 12.7. The number of thiazole rings is 1. The number of hydrogen-bond donors (Lipinski definition) is 2. The van der Waals surface area contributed by atoms with Crippen molar-refractivity contribution in [3.05, 3.63) is 41.4 Å². The van der Waals surface area contributed by atoms with E-state index >= 15 is 0 Å². The molecule has 112 valence electrons. The van der Waals surface area contributed by atoms with Crippen LogP contribution in [0.25, 0.3) is 10.6 Å². The van der Waals surface area contributed by atoms with Crippen LogP contribution in [0.5, 0.6) is 0 Å². The predicted octanol–water partition coefficient (Wildman–Crippen LogP) is 2.44. The Hall–Kier alpha value is -1.27. The van der Waals surface area contributed by atoms with Crippen LogP contribution in [-0.4, -0.2) is 35.5 Å². The van der Waals surface area contributed by atoms with Crippen LogP contribution in [0.3, 0.4) is 0 Å². The van der Waals surface area contributed by atoms with E-state index in [2.05, 4.69) is 27.8 Å². The first-order valence-corrected chi connectivity index (χ1v) is 8.14. The van der Waals surface area contributed by atoms with Gasteiger partial charge in [0.2, 0.25) is 0 Å². The molecule has 0 atom stereocenters. The van der Waals surface area contributed by atoms with Crippen LogP contribution in [0.4, 0.5) is 0 Å². The average Bonchev–Trinajstić information content (AvgIpc) is 2.98. The molecule has 5 heteroatoms. The molecule has 2 heterocycles. The molecule has 2 aromatic rings. The molecule has 0 bridgehead atoms. The molecule has 0 radical (unpaired) electrons. The van der Waals surface area contributed by atoms with Gasteiger partial charge in [-0.3, -0.25) is 0 Å². The summed E-state index contributed by atoms with van der Waals surface area (Å²) >= 11 is 1.65. The monoisotopic (exact) mass is 304 g/mol. The number of rotatable bonds is 5. The van der Waals surface area contributed by atoms with E-state index in [1.54, 1.807) is 11.3 Å². The second kappa shape index (κ2) is 6.66. The number of nitrogens with zero attached hydrogens (tertiary/aromatic N) is 1. The number of aliphatic hydroxyl groups is 1. The van der Waals surface area contributed by atoms with Gasteiger partial charge in [0.1, 0.15) is 5.01 Å². The van der Waals surface area contributed by atoms with Crippen LogP contribution in [-0.2, 0) is 11.3 Å². The summed E-state index contributed by atoms with van der Waals surface area (Å²) in [5.74, 6) is 0. The molecule has 0 saturated carbocycles. The van der Waals surface area contributed by atoms with Gasteiger partial charge in [-0.1, -0.05) is 30.3 Å². The zero-order chi connectivity index (χ0) is 14.5. The van der Waals surface area contributed by atoms with Gasteiger partial charge in [0.15, 0.2) is 0 Å². The van der Waals surface area contributed by atoms with E-state index < -0.39 is 5.60 Å². The van der Waals surface area contributed by atoms with Gasteiger partial charge in [-0.25, -0.2) is 4.98 Å². The molecule has 1 aliphatic heterocycles. The number of benzene rings is 1. The van der Waals surface area contributed by atoms with E-state index in [1.165, 1.54) is 0 Å². The van der Waals surface area contributed by atoms with Crippen LogP contribution in [0.1, 0.15) is 18.5 Å². The summed E-state index contributed by atoms with van der Waals surface area (Å²) in [6.07, 6.45) is 1.40. The van der Waals surface area contributed by atoms with E-state index in [4.69, 9.17) is 4.74 Å². The average molecular weight is 304 g/mol. The van der Waals surface area contributed by atoms with Crippen molar-refractivity contribution in [1.82, 2.24) is 10.3 Å². The SMILES string of the molecule is OC1(CNCc2csc(-c3ccccc3)n2)CCOCC1. The van der Waals surface area contributed by atoms with Gasteiger partial charge in [0, 0.05) is 50.1 Å². The molecule has 0 unspecified atom stereocenters. The lowest BCUT2D eigenvalue weighted by Gasteiger charge is -2.32. The van der Waals surface area contributed by atoms with Gasteiger partial charge in [-0.05, 0) is 0 Å². The first-order chi connectivity index (χ1) is 10.3. The van der Waals surface area contributed by atoms with Gasteiger partial charge in [-0.15, -0.1) is 11.3 Å². The maximum atomic E-state index is 10.4. The van der Waals surface area contributed by atoms with Crippen molar-refractivity contribution in [3.63, 3.8) is 0 Å². The number of hydrogen-bond acceptors (Lipinski definition) is 5. The Morgan fingerprint density at radius 1 is 1.24 bits per heavy atom. The van der Waals surface area contributed by atoms with Gasteiger partial charge in [0.05, 0.1) is 11.3 Å². The van der Waals surface area contributed by atoms with E-state index in [0.717, 1.165) is 16.3 Å². The molecule has 2 N–H and O–H groups in total. The summed E-state index contributed by atoms with van der Waals surface area (Å²) in [5.41, 5.74) is 1.54. The van der Waals surface area contributed by atoms with Crippen molar-refractivity contribution in [1.29, 1.82) is 0 Å². The standard InChI is InChI=1S/C16H20N2O2S/c19-16(6-8-20-9-7-16)12-17-10-14-11-21-15(18-14)13-4-2-1-3-5-13/h1-5,11,17,19H,6-10,12H2. The highest BCUT2D eigenvalue weighted by Gasteiger charge is 2.29. The number of ether oxygens (including phenoxy) is 1. The van der Waals surface area contributed by atoms with Crippen LogP contribution in [0, 0.1) is 0 Å². The van der Waals surface area contributed by atoms with Crippen molar-refractivity contribution < 1.29 is 9.84 Å². The third kappa shape index (κ3) is 3.89. The van der Waals surface area contributed by atoms with E-state index in [0.29, 0.717) is 39.1 Å². The molecular weight excluding hydrogens is 284 g/mol. The highest BCUT2D eigenvalue weighted by Crippen LogP contribution is 2.23. The molecule has 1 aromatic heterocycles. The second-order valence-electron chi connectivity index (χ2n) is 5.45. The lowest BCUT2D eigenvalue weighted by Crippen LogP contribution is -2.44. The van der Waals surface area contributed by atoms with Crippen LogP contribution >= 0.6 is 11.3 Å². The summed E-state index contributed by atoms with van der Waals surface area (Å²) in [6.45, 7) is 2.57. The van der Waals surface area contributed by atoms with Crippen molar-refractivity contribution in [2.24, 2.45) is 0 Å². The summed E-state index contributed by atoms with van der Waals surface area (Å²) in [6, 6.07) is 10.2. The van der Waals surface area contributed by atoms with Gasteiger partial charge in [-0.2, -0.15) is 0 Å². The van der Waals surface area contributed by atoms with Crippen molar-refractivity contribution >= 4 is 11.3 Å². The van der Waals surface area contributed by atoms with E-state index in [-0.39, 0.29) is 0 Å². The third-order valence-electron chi connectivity index (χ3n) is 3.76. The summed E-state index contributed by atoms with van der Waals surface area (Å²) < 4.78 is 5.28. The largest absolute Gasteiger partial charge is 0.388 e. The zero-order valence-electron chi connectivity index (χ0n) is 11.9. The lowest BCUT2D eigenvalue weighted by molar-refractivity contribution is -0.0617. The molecule has 1 fully saturated rings. The van der Waals surface area contributed by atoms with Gasteiger partial charge < -0.3 is 15.2 Å². The summed E-state index contributed by atoms with van der Waals surface area (Å²) in [5, 5.41) is 16.8. The minimum Gasteiger partial charge on any atom is -0.388 e. The van der Waals surface area contributed by atoms with Crippen LogP contribution in [0.2, 0.25) is 0 Å². The maximum absolute atomic E-state index is 10.4. The summed E-state index contributed by atoms with van der Waals surface area (Å²) in [7, 11) is 0. The Bertz CT molecular complexity index is 565. The number of nitrogens with one attached hydrogen (secondary N) is 1. The summed E-state index contributed by atoms with van der Waals surface area (Å²) in [4.78, 5) is 4.64. The molecule has 3 rings (SSSR count). The van der Waals surface area contributed by atoms with Crippen molar-refractivity contribution in [3.8, 4) is 10.6 Å². The lowest BCUT2D eigenvalue weighted by atomic mass is 9.94. The second-order valence-corrected chi connectivity index (χ2v) is 6.31. The van der Waals surface area contributed by atoms with Crippen LogP contribution < -0.4 is 5.32 Å². The highest BCUT2D eigenvalue weighted by molar-refractivity contribution is 7.13. The van der Waals surface area contributed by atoms with Crippen molar-refractivity contribution in [2.45, 2.75) is 25.0 Å². The van der Waals surface area contributed by atoms with Crippen molar-refractivity contribution in [2.75, 3.05) is 19.8 Å². The Morgan fingerprint density at radius 2 is 2.00 bits per heavy atom. The minimum atomic E-state index is -0.628. The Kier molecular flexibility index (Phi) is 4.65. The Morgan fingerprint density at radius 3 is 2.76 bits per heavy atom. The Balaban J connectivity index is 1.53. The predicted molar refractivity (Wildman–Crippen MR) is 84.3 cm³/mol. The molecular formula is C16H20N2O2S. The first-order valence-electron chi connectivity index (χ1n) is 7.26. The molecule has 0 aliphatic carbocycles. The van der Waals surface area contributed by atoms with Gasteiger partial charge >= 0.3 is 0 Å². The third-order valence-corrected chi connectivity index (χ3v) is 4.70. The number of aromatic nitrogens is 1. The fraction of sp³-hybridized carbons (Fsp3) is 0.438. The smallest absolute Gasteiger partial charge is 0.123 e. The van der Waals surface area contributed by atoms with Crippen LogP contribution in [0.15, 0.2) is 35.7 Å². The molecule has 1 aliphatic rings. The van der Waals surface area contributed by atoms with E-state index in [9.17, 15) is 5.11 Å². The molecule has 0 amide bonds. The topological polar surface area (TPSA) is 54.4 Å². The minimum absolute atomic E-state index is 0.592. The highest BCUT2D eigenvalue weighted by atomic mass is 32.1. The quantitative estimate of drug-likeness (QED) is 0.891. The van der Waals surface area contributed by atoms with Gasteiger partial charge in [0.25, 0.3) is 0 Å². The molecule has 1 saturated heterocycles. The fourth-order valence-corrected chi connectivity index (χ4v) is 3.28. The van der Waals surface area contributed by atoms with E-state index in [1.807, 2.05) is 18.2 Å². The Labute approximate surface area is 128 Å². The molecule has 1 aromatic carbocycles. The normalized spacial score (nSPS) is 17.8. The first kappa shape index (κ1) is 14.7.